The maximum atomic E-state index is 11.9. The Labute approximate surface area is 151 Å². The summed E-state index contributed by atoms with van der Waals surface area (Å²) in [6, 6.07) is 20.3. The minimum Gasteiger partial charge on any atom is -0.465 e. The predicted molar refractivity (Wildman–Crippen MR) is 103 cm³/mol. The van der Waals surface area contributed by atoms with Gasteiger partial charge < -0.3 is 4.74 Å². The van der Waals surface area contributed by atoms with E-state index in [0.717, 1.165) is 25.1 Å². The van der Waals surface area contributed by atoms with Gasteiger partial charge in [-0.25, -0.2) is 4.79 Å². The van der Waals surface area contributed by atoms with Gasteiger partial charge in [0.05, 0.1) is 17.6 Å². The molecule has 3 aromatic carbocycles. The van der Waals surface area contributed by atoms with E-state index >= 15 is 0 Å². The summed E-state index contributed by atoms with van der Waals surface area (Å²) in [5.74, 6) is -0.368. The van der Waals surface area contributed by atoms with Crippen LogP contribution < -0.4 is 0 Å². The highest BCUT2D eigenvalue weighted by atomic mass is 32.2. The number of nitro groups is 1. The van der Waals surface area contributed by atoms with Crippen LogP contribution in [-0.4, -0.2) is 18.0 Å². The Morgan fingerprint density at radius 1 is 0.962 bits per heavy atom. The zero-order valence-electron chi connectivity index (χ0n) is 13.8. The van der Waals surface area contributed by atoms with Crippen LogP contribution >= 0.6 is 10.5 Å². The predicted octanol–water partition coefficient (Wildman–Crippen LogP) is 5.43. The van der Waals surface area contributed by atoms with Gasteiger partial charge in [-0.1, -0.05) is 12.1 Å². The molecular weight excluding hydrogens is 350 g/mol. The van der Waals surface area contributed by atoms with E-state index in [2.05, 4.69) is 6.07 Å². The zero-order chi connectivity index (χ0) is 18.3. The highest BCUT2D eigenvalue weighted by molar-refractivity contribution is 7.50. The van der Waals surface area contributed by atoms with E-state index in [1.165, 1.54) is 19.2 Å². The van der Waals surface area contributed by atoms with E-state index in [0.29, 0.717) is 5.56 Å². The number of non-ortho nitro benzene ring substituents is 1. The Morgan fingerprint density at radius 2 is 1.65 bits per heavy atom. The number of hydrogen-bond acceptors (Lipinski definition) is 4. The van der Waals surface area contributed by atoms with Gasteiger partial charge in [0, 0.05) is 45.5 Å². The van der Waals surface area contributed by atoms with Crippen molar-refractivity contribution in [3.05, 3.63) is 82.4 Å². The minimum atomic E-state index is -0.397. The lowest BCUT2D eigenvalue weighted by Crippen LogP contribution is -2.00. The standard InChI is InChI=1S/C20H14NO4S/c1-25-20(22)13-6-11-19-17(12-13)16-4-2-3-5-18(16)26(19)15-9-7-14(8-10-15)21(23)24/h2-12H,1H3/q+1. The number of esters is 1. The Balaban J connectivity index is 2.01. The molecule has 4 aromatic rings. The number of rotatable bonds is 3. The van der Waals surface area contributed by atoms with Crippen LogP contribution in [0, 0.1) is 10.1 Å². The fourth-order valence-corrected chi connectivity index (χ4v) is 5.47. The van der Waals surface area contributed by atoms with Gasteiger partial charge in [0.25, 0.3) is 5.69 Å². The first-order valence-electron chi connectivity index (χ1n) is 7.90. The van der Waals surface area contributed by atoms with Crippen molar-refractivity contribution in [1.29, 1.82) is 0 Å². The van der Waals surface area contributed by atoms with Crippen molar-refractivity contribution in [2.75, 3.05) is 7.11 Å². The maximum absolute atomic E-state index is 11.9. The summed E-state index contributed by atoms with van der Waals surface area (Å²) in [6.45, 7) is 0. The average molecular weight is 364 g/mol. The van der Waals surface area contributed by atoms with Gasteiger partial charge in [-0.15, -0.1) is 0 Å². The second-order valence-corrected chi connectivity index (χ2v) is 7.72. The third-order valence-electron chi connectivity index (χ3n) is 4.30. The first-order valence-corrected chi connectivity index (χ1v) is 9.13. The number of carbonyl (C=O) groups excluding carboxylic acids is 1. The molecule has 4 rings (SSSR count). The molecule has 0 fully saturated rings. The lowest BCUT2D eigenvalue weighted by molar-refractivity contribution is -0.384. The highest BCUT2D eigenvalue weighted by Crippen LogP contribution is 2.48. The van der Waals surface area contributed by atoms with Gasteiger partial charge in [0.1, 0.15) is 0 Å². The summed E-state index contributed by atoms with van der Waals surface area (Å²) in [5, 5.41) is 13.0. The third-order valence-corrected chi connectivity index (χ3v) is 6.64. The topological polar surface area (TPSA) is 69.4 Å². The summed E-state index contributed by atoms with van der Waals surface area (Å²) >= 11 is 0. The third kappa shape index (κ3) is 2.51. The van der Waals surface area contributed by atoms with Crippen molar-refractivity contribution in [3.8, 4) is 4.90 Å². The van der Waals surface area contributed by atoms with Crippen molar-refractivity contribution < 1.29 is 14.5 Å². The second-order valence-electron chi connectivity index (χ2n) is 5.76. The number of hydrogen-bond donors (Lipinski definition) is 0. The lowest BCUT2D eigenvalue weighted by atomic mass is 10.1. The molecule has 0 spiro atoms. The van der Waals surface area contributed by atoms with Gasteiger partial charge in [0.2, 0.25) is 0 Å². The van der Waals surface area contributed by atoms with Crippen LogP contribution in [0.1, 0.15) is 10.4 Å². The first kappa shape index (κ1) is 16.2. The minimum absolute atomic E-state index is 0.0751. The Morgan fingerprint density at radius 3 is 2.35 bits per heavy atom. The summed E-state index contributed by atoms with van der Waals surface area (Å²) in [4.78, 5) is 23.4. The van der Waals surface area contributed by atoms with Gasteiger partial charge in [-0.2, -0.15) is 0 Å². The molecule has 1 atom stereocenters. The van der Waals surface area contributed by atoms with E-state index in [1.54, 1.807) is 18.2 Å². The smallest absolute Gasteiger partial charge is 0.337 e. The number of nitrogens with zero attached hydrogens (tertiary/aromatic N) is 1. The van der Waals surface area contributed by atoms with Crippen LogP contribution in [0.15, 0.2) is 66.7 Å². The molecule has 26 heavy (non-hydrogen) atoms. The van der Waals surface area contributed by atoms with Crippen LogP contribution in [0.25, 0.3) is 25.1 Å². The summed E-state index contributed by atoms with van der Waals surface area (Å²) in [6.07, 6.45) is 0. The van der Waals surface area contributed by atoms with Crippen LogP contribution in [0.4, 0.5) is 5.69 Å². The van der Waals surface area contributed by atoms with E-state index in [4.69, 9.17) is 4.74 Å². The number of thiophene rings is 1. The number of fused-ring (bicyclic) bond motifs is 3. The van der Waals surface area contributed by atoms with E-state index in [9.17, 15) is 14.9 Å². The zero-order valence-corrected chi connectivity index (χ0v) is 14.7. The number of carbonyl (C=O) groups is 1. The molecule has 6 heteroatoms. The Bertz CT molecular complexity index is 1160. The van der Waals surface area contributed by atoms with Crippen molar-refractivity contribution in [1.82, 2.24) is 0 Å². The molecule has 0 aliphatic carbocycles. The van der Waals surface area contributed by atoms with Crippen molar-refractivity contribution in [2.45, 2.75) is 0 Å². The quantitative estimate of drug-likeness (QED) is 0.210. The van der Waals surface area contributed by atoms with E-state index in [-0.39, 0.29) is 22.1 Å². The van der Waals surface area contributed by atoms with Gasteiger partial charge >= 0.3 is 5.97 Å². The fraction of sp³-hybridized carbons (Fsp3) is 0.0500. The lowest BCUT2D eigenvalue weighted by Gasteiger charge is -1.98. The number of nitro benzene ring substituents is 1. The van der Waals surface area contributed by atoms with E-state index in [1.807, 2.05) is 30.3 Å². The molecule has 1 heterocycles. The molecule has 1 unspecified atom stereocenters. The van der Waals surface area contributed by atoms with Crippen molar-refractivity contribution in [2.24, 2.45) is 0 Å². The van der Waals surface area contributed by atoms with Crippen LogP contribution in [0.5, 0.6) is 0 Å². The largest absolute Gasteiger partial charge is 0.465 e. The van der Waals surface area contributed by atoms with Crippen LogP contribution in [-0.2, 0) is 4.74 Å². The second kappa shape index (κ2) is 6.24. The van der Waals surface area contributed by atoms with Gasteiger partial charge in [0.15, 0.2) is 14.3 Å². The molecule has 0 N–H and O–H groups in total. The number of ether oxygens (including phenoxy) is 1. The molecule has 0 aliphatic heterocycles. The normalized spacial score (nSPS) is 11.7. The van der Waals surface area contributed by atoms with Gasteiger partial charge in [-0.3, -0.25) is 10.1 Å². The van der Waals surface area contributed by atoms with Crippen molar-refractivity contribution >= 4 is 42.3 Å². The number of benzene rings is 3. The molecule has 128 valence electrons. The fourth-order valence-electron chi connectivity index (χ4n) is 3.11. The molecule has 0 bridgehead atoms. The average Bonchev–Trinajstić information content (AvgIpc) is 3.01. The van der Waals surface area contributed by atoms with Gasteiger partial charge in [-0.05, 0) is 30.3 Å². The SMILES string of the molecule is COC(=O)c1ccc2c(c1)c1ccccc1[s+]2-c1ccc([N+](=O)[O-])cc1. The molecule has 5 nitrogen and oxygen atoms in total. The van der Waals surface area contributed by atoms with Crippen molar-refractivity contribution in [3.63, 3.8) is 0 Å². The summed E-state index contributed by atoms with van der Waals surface area (Å²) in [5.41, 5.74) is 0.585. The monoisotopic (exact) mass is 364 g/mol. The van der Waals surface area contributed by atoms with Crippen LogP contribution in [0.2, 0.25) is 0 Å². The molecule has 0 amide bonds. The highest BCUT2D eigenvalue weighted by Gasteiger charge is 2.25. The summed E-state index contributed by atoms with van der Waals surface area (Å²) in [7, 11) is 1.01. The molecule has 1 aromatic heterocycles. The summed E-state index contributed by atoms with van der Waals surface area (Å²) < 4.78 is 7.09. The molecule has 0 saturated carbocycles. The molecule has 0 radical (unpaired) electrons. The first-order chi connectivity index (χ1) is 12.6. The maximum Gasteiger partial charge on any atom is 0.337 e. The molecule has 0 saturated heterocycles. The number of methoxy groups -OCH3 is 1. The molecule has 0 aliphatic rings. The van der Waals surface area contributed by atoms with E-state index < -0.39 is 4.92 Å². The van der Waals surface area contributed by atoms with Crippen LogP contribution in [0.3, 0.4) is 0 Å². The Kier molecular flexibility index (Phi) is 3.89. The molecular formula is C20H14NO4S+. The Hall–Kier alpha value is -3.25.